The quantitative estimate of drug-likeness (QED) is 0.704. The smallest absolute Gasteiger partial charge is 0.272 e. The van der Waals surface area contributed by atoms with E-state index in [-0.39, 0.29) is 0 Å². The van der Waals surface area contributed by atoms with Crippen molar-refractivity contribution in [1.29, 1.82) is 0 Å². The number of rotatable bonds is 3. The number of aryl methyl sites for hydroxylation is 1. The third kappa shape index (κ3) is 2.91. The van der Waals surface area contributed by atoms with Crippen LogP contribution < -0.4 is 0 Å². The predicted octanol–water partition coefficient (Wildman–Crippen LogP) is 2.53. The van der Waals surface area contributed by atoms with Crippen molar-refractivity contribution < 1.29 is 13.2 Å². The van der Waals surface area contributed by atoms with Crippen LogP contribution in [-0.4, -0.2) is 15.7 Å². The SMILES string of the molecule is FC(F)(F)c1ccn(CCCCl)n1. The van der Waals surface area contributed by atoms with Gasteiger partial charge in [0.2, 0.25) is 0 Å². The Hall–Kier alpha value is -0.710. The van der Waals surface area contributed by atoms with Gasteiger partial charge < -0.3 is 0 Å². The molecule has 1 aromatic rings. The topological polar surface area (TPSA) is 17.8 Å². The summed E-state index contributed by atoms with van der Waals surface area (Å²) in [7, 11) is 0. The normalized spacial score (nSPS) is 12.0. The molecule has 0 aliphatic rings. The average Bonchev–Trinajstić information content (AvgIpc) is 2.47. The Balaban J connectivity index is 2.64. The van der Waals surface area contributed by atoms with E-state index in [0.29, 0.717) is 18.8 Å². The number of nitrogens with zero attached hydrogens (tertiary/aromatic N) is 2. The first-order valence-electron chi connectivity index (χ1n) is 3.70. The highest BCUT2D eigenvalue weighted by molar-refractivity contribution is 6.17. The first-order chi connectivity index (χ1) is 6.04. The van der Waals surface area contributed by atoms with Gasteiger partial charge in [0.25, 0.3) is 0 Å². The van der Waals surface area contributed by atoms with Gasteiger partial charge in [0.1, 0.15) is 0 Å². The maximum atomic E-state index is 12.0. The third-order valence-electron chi connectivity index (χ3n) is 1.45. The lowest BCUT2D eigenvalue weighted by molar-refractivity contribution is -0.141. The van der Waals surface area contributed by atoms with E-state index in [9.17, 15) is 13.2 Å². The summed E-state index contributed by atoms with van der Waals surface area (Å²) < 4.78 is 37.3. The van der Waals surface area contributed by atoms with Gasteiger partial charge >= 0.3 is 6.18 Å². The van der Waals surface area contributed by atoms with Crippen LogP contribution in [0.15, 0.2) is 12.3 Å². The summed E-state index contributed by atoms with van der Waals surface area (Å²) in [6.45, 7) is 0.416. The molecule has 0 N–H and O–H groups in total. The largest absolute Gasteiger partial charge is 0.435 e. The molecule has 6 heteroatoms. The first kappa shape index (κ1) is 10.4. The molecule has 2 nitrogen and oxygen atoms in total. The van der Waals surface area contributed by atoms with E-state index in [4.69, 9.17) is 11.6 Å². The minimum atomic E-state index is -4.35. The van der Waals surface area contributed by atoms with Crippen LogP contribution in [-0.2, 0) is 12.7 Å². The molecule has 0 saturated heterocycles. The second-order valence-corrected chi connectivity index (χ2v) is 2.88. The minimum Gasteiger partial charge on any atom is -0.272 e. The van der Waals surface area contributed by atoms with Crippen molar-refractivity contribution in [2.75, 3.05) is 5.88 Å². The lowest BCUT2D eigenvalue weighted by Crippen LogP contribution is -2.08. The standard InChI is InChI=1S/C7H8ClF3N2/c8-3-1-4-13-5-2-6(12-13)7(9,10)11/h2,5H,1,3-4H2. The van der Waals surface area contributed by atoms with Gasteiger partial charge in [0.15, 0.2) is 5.69 Å². The predicted molar refractivity (Wildman–Crippen MR) is 42.6 cm³/mol. The second-order valence-electron chi connectivity index (χ2n) is 2.50. The molecule has 1 rings (SSSR count). The summed E-state index contributed by atoms with van der Waals surface area (Å²) in [5.74, 6) is 0.418. The van der Waals surface area contributed by atoms with Crippen LogP contribution in [0.25, 0.3) is 0 Å². The Morgan fingerprint density at radius 1 is 1.46 bits per heavy atom. The van der Waals surface area contributed by atoms with Gasteiger partial charge in [-0.1, -0.05) is 0 Å². The fraction of sp³-hybridized carbons (Fsp3) is 0.571. The number of aromatic nitrogens is 2. The van der Waals surface area contributed by atoms with Crippen LogP contribution in [0.5, 0.6) is 0 Å². The first-order valence-corrected chi connectivity index (χ1v) is 4.24. The molecule has 0 unspecified atom stereocenters. The maximum Gasteiger partial charge on any atom is 0.435 e. The summed E-state index contributed by atoms with van der Waals surface area (Å²) in [6, 6.07) is 0.953. The van der Waals surface area contributed by atoms with Crippen molar-refractivity contribution in [3.05, 3.63) is 18.0 Å². The van der Waals surface area contributed by atoms with E-state index in [1.54, 1.807) is 0 Å². The van der Waals surface area contributed by atoms with Crippen molar-refractivity contribution >= 4 is 11.6 Å². The van der Waals surface area contributed by atoms with Crippen molar-refractivity contribution in [3.63, 3.8) is 0 Å². The van der Waals surface area contributed by atoms with Crippen LogP contribution >= 0.6 is 11.6 Å². The van der Waals surface area contributed by atoms with Gasteiger partial charge in [-0.3, -0.25) is 4.68 Å². The van der Waals surface area contributed by atoms with Crippen molar-refractivity contribution in [2.45, 2.75) is 19.1 Å². The van der Waals surface area contributed by atoms with Gasteiger partial charge in [-0.2, -0.15) is 18.3 Å². The highest BCUT2D eigenvalue weighted by atomic mass is 35.5. The Kier molecular flexibility index (Phi) is 3.19. The molecule has 1 heterocycles. The van der Waals surface area contributed by atoms with Gasteiger partial charge in [-0.15, -0.1) is 11.6 Å². The van der Waals surface area contributed by atoms with E-state index in [1.807, 2.05) is 0 Å². The zero-order valence-electron chi connectivity index (χ0n) is 6.68. The molecule has 0 fully saturated rings. The summed E-state index contributed by atoms with van der Waals surface area (Å²) in [5, 5.41) is 3.35. The Bertz CT molecular complexity index is 269. The van der Waals surface area contributed by atoms with E-state index in [2.05, 4.69) is 5.10 Å². The van der Waals surface area contributed by atoms with Crippen LogP contribution in [0.2, 0.25) is 0 Å². The number of hydrogen-bond donors (Lipinski definition) is 0. The van der Waals surface area contributed by atoms with Gasteiger partial charge in [-0.05, 0) is 12.5 Å². The van der Waals surface area contributed by atoms with E-state index < -0.39 is 11.9 Å². The lowest BCUT2D eigenvalue weighted by Gasteiger charge is -2.01. The highest BCUT2D eigenvalue weighted by Gasteiger charge is 2.33. The van der Waals surface area contributed by atoms with Gasteiger partial charge in [0.05, 0.1) is 0 Å². The molecule has 0 saturated carbocycles. The van der Waals surface area contributed by atoms with Gasteiger partial charge in [-0.25, -0.2) is 0 Å². The molecule has 0 aromatic carbocycles. The fourth-order valence-corrected chi connectivity index (χ4v) is 0.979. The molecule has 0 aliphatic carbocycles. The molecule has 13 heavy (non-hydrogen) atoms. The maximum absolute atomic E-state index is 12.0. The van der Waals surface area contributed by atoms with Crippen LogP contribution in [0.1, 0.15) is 12.1 Å². The Labute approximate surface area is 78.3 Å². The Morgan fingerprint density at radius 2 is 2.15 bits per heavy atom. The monoisotopic (exact) mass is 212 g/mol. The molecule has 0 aliphatic heterocycles. The minimum absolute atomic E-state index is 0.416. The van der Waals surface area contributed by atoms with Gasteiger partial charge in [0, 0.05) is 18.6 Å². The van der Waals surface area contributed by atoms with E-state index in [0.717, 1.165) is 6.07 Å². The summed E-state index contributed by atoms with van der Waals surface area (Å²) in [5.41, 5.74) is -0.859. The molecular weight excluding hydrogens is 205 g/mol. The summed E-state index contributed by atoms with van der Waals surface area (Å²) in [6.07, 6.45) is -2.44. The zero-order chi connectivity index (χ0) is 9.90. The molecule has 0 amide bonds. The fourth-order valence-electron chi connectivity index (χ4n) is 0.859. The van der Waals surface area contributed by atoms with Crippen LogP contribution in [0, 0.1) is 0 Å². The zero-order valence-corrected chi connectivity index (χ0v) is 7.44. The van der Waals surface area contributed by atoms with Crippen molar-refractivity contribution in [1.82, 2.24) is 9.78 Å². The summed E-state index contributed by atoms with van der Waals surface area (Å²) >= 11 is 5.38. The molecule has 0 bridgehead atoms. The molecular formula is C7H8ClF3N2. The molecule has 1 aromatic heterocycles. The third-order valence-corrected chi connectivity index (χ3v) is 1.72. The summed E-state index contributed by atoms with van der Waals surface area (Å²) in [4.78, 5) is 0. The Morgan fingerprint density at radius 3 is 2.62 bits per heavy atom. The molecule has 0 spiro atoms. The number of alkyl halides is 4. The number of halogens is 4. The van der Waals surface area contributed by atoms with Crippen LogP contribution in [0.4, 0.5) is 13.2 Å². The van der Waals surface area contributed by atoms with E-state index >= 15 is 0 Å². The average molecular weight is 213 g/mol. The molecule has 74 valence electrons. The molecule has 0 radical (unpaired) electrons. The highest BCUT2D eigenvalue weighted by Crippen LogP contribution is 2.27. The van der Waals surface area contributed by atoms with Crippen molar-refractivity contribution in [3.8, 4) is 0 Å². The number of hydrogen-bond acceptors (Lipinski definition) is 1. The van der Waals surface area contributed by atoms with Crippen molar-refractivity contribution in [2.24, 2.45) is 0 Å². The van der Waals surface area contributed by atoms with E-state index in [1.165, 1.54) is 10.9 Å². The van der Waals surface area contributed by atoms with Crippen LogP contribution in [0.3, 0.4) is 0 Å². The molecule has 0 atom stereocenters. The second kappa shape index (κ2) is 4.00. The lowest BCUT2D eigenvalue weighted by atomic mass is 10.4.